The van der Waals surface area contributed by atoms with Gasteiger partial charge in [0.05, 0.1) is 7.11 Å². The number of nitrogens with two attached hydrogens (primary N) is 1. The average Bonchev–Trinajstić information content (AvgIpc) is 2.70. The van der Waals surface area contributed by atoms with E-state index in [9.17, 15) is 13.2 Å². The van der Waals surface area contributed by atoms with Gasteiger partial charge in [-0.2, -0.15) is 0 Å². The Labute approximate surface area is 112 Å². The van der Waals surface area contributed by atoms with Crippen molar-refractivity contribution in [1.29, 1.82) is 0 Å². The van der Waals surface area contributed by atoms with Gasteiger partial charge in [-0.15, -0.1) is 0 Å². The molecule has 0 aromatic carbocycles. The number of hydrogen-bond donors (Lipinski definition) is 2. The average molecular weight is 290 g/mol. The van der Waals surface area contributed by atoms with E-state index in [1.165, 1.54) is 14.0 Å². The number of aryl methyl sites for hydroxylation is 1. The highest BCUT2D eigenvalue weighted by molar-refractivity contribution is 7.89. The lowest BCUT2D eigenvalue weighted by Gasteiger charge is -2.07. The Bertz CT molecular complexity index is 547. The van der Waals surface area contributed by atoms with E-state index in [0.29, 0.717) is 6.42 Å². The second kappa shape index (κ2) is 6.18. The first kappa shape index (κ1) is 15.7. The van der Waals surface area contributed by atoms with Crippen LogP contribution >= 0.6 is 0 Å². The first-order valence-corrected chi connectivity index (χ1v) is 7.20. The highest BCUT2D eigenvalue weighted by Gasteiger charge is 2.24. The third-order valence-corrected chi connectivity index (χ3v) is 4.01. The summed E-state index contributed by atoms with van der Waals surface area (Å²) >= 11 is 0. The standard InChI is InChI=1S/C11H18N2O5S/c1-7(12)4-5-13-19(15,16)10-6-9(11(14)17-3)18-8(10)2/h6-7,13H,4-5,12H2,1-3H3. The Morgan fingerprint density at radius 3 is 2.74 bits per heavy atom. The molecule has 0 saturated heterocycles. The van der Waals surface area contributed by atoms with E-state index < -0.39 is 16.0 Å². The third-order valence-electron chi connectivity index (χ3n) is 2.44. The number of nitrogens with one attached hydrogen (secondary N) is 1. The zero-order valence-electron chi connectivity index (χ0n) is 11.1. The fourth-order valence-corrected chi connectivity index (χ4v) is 2.66. The SMILES string of the molecule is COC(=O)c1cc(S(=O)(=O)NCCC(C)N)c(C)o1. The van der Waals surface area contributed by atoms with Gasteiger partial charge in [0.2, 0.25) is 15.8 Å². The maximum Gasteiger partial charge on any atom is 0.373 e. The van der Waals surface area contributed by atoms with Crippen LogP contribution in [0.15, 0.2) is 15.4 Å². The van der Waals surface area contributed by atoms with Crippen LogP contribution in [0.5, 0.6) is 0 Å². The van der Waals surface area contributed by atoms with Crippen molar-refractivity contribution >= 4 is 16.0 Å². The predicted molar refractivity (Wildman–Crippen MR) is 68.2 cm³/mol. The van der Waals surface area contributed by atoms with E-state index in [-0.39, 0.29) is 29.0 Å². The summed E-state index contributed by atoms with van der Waals surface area (Å²) in [5.41, 5.74) is 5.54. The summed E-state index contributed by atoms with van der Waals surface area (Å²) in [4.78, 5) is 11.2. The van der Waals surface area contributed by atoms with Crippen molar-refractivity contribution in [2.75, 3.05) is 13.7 Å². The summed E-state index contributed by atoms with van der Waals surface area (Å²) in [5, 5.41) is 0. The van der Waals surface area contributed by atoms with E-state index >= 15 is 0 Å². The molecule has 8 heteroatoms. The zero-order valence-corrected chi connectivity index (χ0v) is 11.9. The van der Waals surface area contributed by atoms with Crippen LogP contribution in [0.3, 0.4) is 0 Å². The number of esters is 1. The molecule has 1 aromatic rings. The van der Waals surface area contributed by atoms with Gasteiger partial charge in [0, 0.05) is 18.7 Å². The minimum absolute atomic E-state index is 0.0717. The number of ether oxygens (including phenoxy) is 1. The van der Waals surface area contributed by atoms with Gasteiger partial charge in [-0.1, -0.05) is 0 Å². The van der Waals surface area contributed by atoms with Gasteiger partial charge in [-0.05, 0) is 20.3 Å². The lowest BCUT2D eigenvalue weighted by molar-refractivity contribution is 0.0563. The van der Waals surface area contributed by atoms with E-state index in [4.69, 9.17) is 10.2 Å². The predicted octanol–water partition coefficient (Wildman–Crippen LogP) is 0.390. The van der Waals surface area contributed by atoms with Crippen LogP contribution in [-0.4, -0.2) is 34.1 Å². The van der Waals surface area contributed by atoms with Crippen molar-refractivity contribution < 1.29 is 22.4 Å². The molecule has 0 fully saturated rings. The minimum Gasteiger partial charge on any atom is -0.463 e. The van der Waals surface area contributed by atoms with Gasteiger partial charge in [0.1, 0.15) is 10.7 Å². The summed E-state index contributed by atoms with van der Waals surface area (Å²) in [6.45, 7) is 3.47. The maximum atomic E-state index is 12.0. The molecule has 1 aromatic heterocycles. The van der Waals surface area contributed by atoms with Crippen LogP contribution < -0.4 is 10.5 Å². The van der Waals surface area contributed by atoms with Crippen molar-refractivity contribution in [3.63, 3.8) is 0 Å². The van der Waals surface area contributed by atoms with Gasteiger partial charge in [0.15, 0.2) is 0 Å². The normalized spacial score (nSPS) is 13.3. The van der Waals surface area contributed by atoms with Crippen molar-refractivity contribution in [2.24, 2.45) is 5.73 Å². The van der Waals surface area contributed by atoms with Gasteiger partial charge < -0.3 is 14.9 Å². The monoisotopic (exact) mass is 290 g/mol. The first-order valence-electron chi connectivity index (χ1n) is 5.72. The van der Waals surface area contributed by atoms with Gasteiger partial charge in [-0.3, -0.25) is 0 Å². The van der Waals surface area contributed by atoms with Crippen LogP contribution in [0.25, 0.3) is 0 Å². The van der Waals surface area contributed by atoms with Crippen LogP contribution in [0, 0.1) is 6.92 Å². The van der Waals surface area contributed by atoms with E-state index in [1.807, 2.05) is 0 Å². The topological polar surface area (TPSA) is 112 Å². The number of methoxy groups -OCH3 is 1. The van der Waals surface area contributed by atoms with Crippen molar-refractivity contribution in [2.45, 2.75) is 31.2 Å². The lowest BCUT2D eigenvalue weighted by Crippen LogP contribution is -2.29. The summed E-state index contributed by atoms with van der Waals surface area (Å²) in [7, 11) is -2.52. The Morgan fingerprint density at radius 1 is 1.58 bits per heavy atom. The lowest BCUT2D eigenvalue weighted by atomic mass is 10.3. The highest BCUT2D eigenvalue weighted by atomic mass is 32.2. The summed E-state index contributed by atoms with van der Waals surface area (Å²) in [6.07, 6.45) is 0.514. The van der Waals surface area contributed by atoms with E-state index in [1.54, 1.807) is 6.92 Å². The molecule has 1 atom stereocenters. The number of rotatable bonds is 6. The molecule has 1 heterocycles. The molecular formula is C11H18N2O5S. The molecule has 0 bridgehead atoms. The largest absolute Gasteiger partial charge is 0.463 e. The molecule has 0 radical (unpaired) electrons. The molecule has 1 rings (SSSR count). The second-order valence-electron chi connectivity index (χ2n) is 4.19. The number of sulfonamides is 1. The third kappa shape index (κ3) is 4.05. The number of carbonyl (C=O) groups excluding carboxylic acids is 1. The Morgan fingerprint density at radius 2 is 2.21 bits per heavy atom. The first-order chi connectivity index (χ1) is 8.77. The molecule has 108 valence electrons. The molecule has 0 amide bonds. The smallest absolute Gasteiger partial charge is 0.373 e. The van der Waals surface area contributed by atoms with Gasteiger partial charge in [-0.25, -0.2) is 17.9 Å². The number of hydrogen-bond acceptors (Lipinski definition) is 6. The molecule has 1 unspecified atom stereocenters. The molecule has 3 N–H and O–H groups in total. The van der Waals surface area contributed by atoms with Crippen LogP contribution in [-0.2, 0) is 14.8 Å². The minimum atomic E-state index is -3.71. The molecule has 0 aliphatic heterocycles. The fourth-order valence-electron chi connectivity index (χ4n) is 1.43. The second-order valence-corrected chi connectivity index (χ2v) is 5.92. The Hall–Kier alpha value is -1.38. The van der Waals surface area contributed by atoms with Crippen molar-refractivity contribution in [3.8, 4) is 0 Å². The van der Waals surface area contributed by atoms with E-state index in [2.05, 4.69) is 9.46 Å². The van der Waals surface area contributed by atoms with Gasteiger partial charge >= 0.3 is 5.97 Å². The highest BCUT2D eigenvalue weighted by Crippen LogP contribution is 2.20. The molecule has 0 aliphatic carbocycles. The summed E-state index contributed by atoms with van der Waals surface area (Å²) in [5.74, 6) is -0.735. The molecule has 0 saturated carbocycles. The number of furan rings is 1. The number of carbonyl (C=O) groups is 1. The van der Waals surface area contributed by atoms with Gasteiger partial charge in [0.25, 0.3) is 0 Å². The summed E-state index contributed by atoms with van der Waals surface area (Å²) in [6, 6.07) is 1.05. The Kier molecular flexibility index (Phi) is 5.10. The molecular weight excluding hydrogens is 272 g/mol. The Balaban J connectivity index is 2.89. The van der Waals surface area contributed by atoms with E-state index in [0.717, 1.165) is 6.07 Å². The fraction of sp³-hybridized carbons (Fsp3) is 0.545. The molecule has 0 aliphatic rings. The van der Waals surface area contributed by atoms with Crippen LogP contribution in [0.1, 0.15) is 29.7 Å². The van der Waals surface area contributed by atoms with Crippen LogP contribution in [0.4, 0.5) is 0 Å². The molecule has 7 nitrogen and oxygen atoms in total. The molecule has 19 heavy (non-hydrogen) atoms. The summed E-state index contributed by atoms with van der Waals surface area (Å²) < 4.78 is 35.9. The zero-order chi connectivity index (χ0) is 14.6. The quantitative estimate of drug-likeness (QED) is 0.733. The molecule has 0 spiro atoms. The van der Waals surface area contributed by atoms with Crippen molar-refractivity contribution in [1.82, 2.24) is 4.72 Å². The van der Waals surface area contributed by atoms with Crippen LogP contribution in [0.2, 0.25) is 0 Å². The maximum absolute atomic E-state index is 12.0. The van der Waals surface area contributed by atoms with Crippen molar-refractivity contribution in [3.05, 3.63) is 17.6 Å².